The zero-order valence-corrected chi connectivity index (χ0v) is 22.8. The van der Waals surface area contributed by atoms with Crippen LogP contribution in [0.1, 0.15) is 84.4 Å². The molecule has 2 aliphatic carbocycles. The summed E-state index contributed by atoms with van der Waals surface area (Å²) in [5, 5.41) is 11.8. The Balaban J connectivity index is 1.34. The smallest absolute Gasteiger partial charge is 0.320 e. The number of halogens is 3. The molecule has 2 saturated carbocycles. The summed E-state index contributed by atoms with van der Waals surface area (Å²) in [6.07, 6.45) is 1.20. The number of Topliss-reactive ketones (excluding diaryl/α,β-unsaturated/α-hetero) is 1. The Morgan fingerprint density at radius 1 is 1.18 bits per heavy atom. The molecule has 0 radical (unpaired) electrons. The first-order chi connectivity index (χ1) is 18.9. The van der Waals surface area contributed by atoms with Crippen LogP contribution >= 0.6 is 0 Å². The highest BCUT2D eigenvalue weighted by Gasteiger charge is 2.51. The van der Waals surface area contributed by atoms with Gasteiger partial charge in [-0.3, -0.25) is 9.59 Å². The van der Waals surface area contributed by atoms with Crippen molar-refractivity contribution in [2.75, 3.05) is 4.90 Å². The number of amides is 1. The van der Waals surface area contributed by atoms with Gasteiger partial charge in [0.2, 0.25) is 0 Å². The molecule has 0 spiro atoms. The summed E-state index contributed by atoms with van der Waals surface area (Å²) >= 11 is 0. The Hall–Kier alpha value is -3.53. The second kappa shape index (κ2) is 9.26. The predicted octanol–water partition coefficient (Wildman–Crippen LogP) is 5.31. The highest BCUT2D eigenvalue weighted by Crippen LogP contribution is 2.52. The van der Waals surface area contributed by atoms with Crippen LogP contribution in [0, 0.1) is 5.92 Å². The quantitative estimate of drug-likeness (QED) is 0.431. The van der Waals surface area contributed by atoms with E-state index in [9.17, 15) is 22.8 Å². The first kappa shape index (κ1) is 26.7. The molecule has 2 heterocycles. The molecule has 1 aliphatic heterocycles. The summed E-state index contributed by atoms with van der Waals surface area (Å²) < 4.78 is 44.5. The molecular weight excluding hydrogens is 519 g/mol. The molecule has 1 amide bonds. The van der Waals surface area contributed by atoms with Crippen molar-refractivity contribution in [1.82, 2.24) is 20.1 Å². The van der Waals surface area contributed by atoms with E-state index in [1.807, 2.05) is 23.7 Å². The lowest BCUT2D eigenvalue weighted by Gasteiger charge is -2.46. The fourth-order valence-corrected chi connectivity index (χ4v) is 6.54. The molecule has 2 fully saturated rings. The van der Waals surface area contributed by atoms with Crippen molar-refractivity contribution < 1.29 is 22.8 Å². The number of aromatic nitrogens is 3. The molecule has 1 aromatic heterocycles. The fraction of sp³-hybridized carbons (Fsp3) is 0.467. The Morgan fingerprint density at radius 2 is 1.93 bits per heavy atom. The van der Waals surface area contributed by atoms with Gasteiger partial charge in [-0.1, -0.05) is 12.1 Å². The van der Waals surface area contributed by atoms with E-state index in [1.54, 1.807) is 31.5 Å². The minimum Gasteiger partial charge on any atom is -0.320 e. The number of ketones is 1. The number of benzene rings is 2. The van der Waals surface area contributed by atoms with Crippen LogP contribution in [-0.4, -0.2) is 32.0 Å². The van der Waals surface area contributed by atoms with Crippen molar-refractivity contribution in [2.45, 2.75) is 76.2 Å². The molecule has 2 aromatic carbocycles. The van der Waals surface area contributed by atoms with Gasteiger partial charge in [0.25, 0.3) is 5.91 Å². The average Bonchev–Trinajstić information content (AvgIpc) is 3.43. The molecule has 1 N–H and O–H groups in total. The van der Waals surface area contributed by atoms with Gasteiger partial charge < -0.3 is 14.8 Å². The van der Waals surface area contributed by atoms with Crippen LogP contribution in [0.3, 0.4) is 0 Å². The standard InChI is InChI=1S/C30H32F3N5O2/c1-18(39)20-13-29(14-20,27-36-35-17-37(27)3)21-6-4-7-22(12-21)38-16-24-23(26(38)40)10-19(11-25(24)30(31,32)33)15-34-28(2)8-5-9-28/h4,6-7,10-12,17,20,34H,5,8-9,13-16H2,1-3H3/t20-,29+. The van der Waals surface area contributed by atoms with Crippen LogP contribution in [0.5, 0.6) is 0 Å². The minimum absolute atomic E-state index is 0.00445. The van der Waals surface area contributed by atoms with Gasteiger partial charge in [0, 0.05) is 36.3 Å². The Morgan fingerprint density at radius 3 is 2.52 bits per heavy atom. The molecular formula is C30H32F3N5O2. The molecule has 0 unspecified atom stereocenters. The van der Waals surface area contributed by atoms with Gasteiger partial charge in [-0.15, -0.1) is 10.2 Å². The molecule has 10 heteroatoms. The third-order valence-corrected chi connectivity index (χ3v) is 9.20. The Bertz CT molecular complexity index is 1500. The maximum Gasteiger partial charge on any atom is 0.416 e. The van der Waals surface area contributed by atoms with Crippen molar-refractivity contribution in [2.24, 2.45) is 13.0 Å². The number of aryl methyl sites for hydroxylation is 1. The SMILES string of the molecule is CC(=O)[C@H]1C[C@@](c2cccc(N3Cc4c(cc(CNC5(C)CCC5)cc4C(F)(F)F)C3=O)c2)(c2nncn2C)C1. The first-order valence-corrected chi connectivity index (χ1v) is 13.7. The van der Waals surface area contributed by atoms with Crippen LogP contribution in [0.15, 0.2) is 42.7 Å². The number of nitrogens with zero attached hydrogens (tertiary/aromatic N) is 4. The number of fused-ring (bicyclic) bond motifs is 1. The number of anilines is 1. The van der Waals surface area contributed by atoms with Gasteiger partial charge in [0.15, 0.2) is 0 Å². The zero-order chi connectivity index (χ0) is 28.4. The third-order valence-electron chi connectivity index (χ3n) is 9.20. The summed E-state index contributed by atoms with van der Waals surface area (Å²) in [4.78, 5) is 27.2. The highest BCUT2D eigenvalue weighted by molar-refractivity contribution is 6.10. The van der Waals surface area contributed by atoms with Gasteiger partial charge in [0.1, 0.15) is 17.9 Å². The number of hydrogen-bond donors (Lipinski definition) is 1. The van der Waals surface area contributed by atoms with Crippen molar-refractivity contribution in [1.29, 1.82) is 0 Å². The Labute approximate surface area is 230 Å². The first-order valence-electron chi connectivity index (χ1n) is 13.7. The minimum atomic E-state index is -4.58. The normalized spacial score (nSPS) is 23.5. The molecule has 3 aliphatic rings. The Kier molecular flexibility index (Phi) is 6.18. The van der Waals surface area contributed by atoms with E-state index in [0.717, 1.165) is 30.7 Å². The van der Waals surface area contributed by atoms with E-state index < -0.39 is 23.1 Å². The monoisotopic (exact) mass is 551 g/mol. The number of alkyl halides is 3. The van der Waals surface area contributed by atoms with Crippen LogP contribution in [0.4, 0.5) is 18.9 Å². The summed E-state index contributed by atoms with van der Waals surface area (Å²) in [6.45, 7) is 3.76. The lowest BCUT2D eigenvalue weighted by Crippen LogP contribution is -2.47. The lowest BCUT2D eigenvalue weighted by molar-refractivity contribution is -0.138. The largest absolute Gasteiger partial charge is 0.416 e. The topological polar surface area (TPSA) is 80.1 Å². The van der Waals surface area contributed by atoms with Crippen molar-refractivity contribution in [3.05, 3.63) is 76.4 Å². The molecule has 6 rings (SSSR count). The van der Waals surface area contributed by atoms with Crippen LogP contribution in [-0.2, 0) is 36.5 Å². The summed E-state index contributed by atoms with van der Waals surface area (Å²) in [5.74, 6) is 0.268. The van der Waals surface area contributed by atoms with Crippen LogP contribution in [0.25, 0.3) is 0 Å². The summed E-state index contributed by atoms with van der Waals surface area (Å²) in [7, 11) is 1.85. The van der Waals surface area contributed by atoms with Crippen molar-refractivity contribution >= 4 is 17.4 Å². The molecule has 0 atom stereocenters. The van der Waals surface area contributed by atoms with Crippen molar-refractivity contribution in [3.8, 4) is 0 Å². The van der Waals surface area contributed by atoms with E-state index in [2.05, 4.69) is 22.4 Å². The second-order valence-corrected chi connectivity index (χ2v) is 11.9. The predicted molar refractivity (Wildman–Crippen MR) is 143 cm³/mol. The molecule has 0 bridgehead atoms. The van der Waals surface area contributed by atoms with Crippen LogP contribution in [0.2, 0.25) is 0 Å². The van der Waals surface area contributed by atoms with Gasteiger partial charge in [-0.05, 0) is 86.9 Å². The van der Waals surface area contributed by atoms with Crippen LogP contribution < -0.4 is 10.2 Å². The van der Waals surface area contributed by atoms with Gasteiger partial charge in [0.05, 0.1) is 17.5 Å². The number of carbonyl (C=O) groups excluding carboxylic acids is 2. The summed E-state index contributed by atoms with van der Waals surface area (Å²) in [6, 6.07) is 10.1. The molecule has 40 heavy (non-hydrogen) atoms. The molecule has 7 nitrogen and oxygen atoms in total. The second-order valence-electron chi connectivity index (χ2n) is 11.9. The van der Waals surface area contributed by atoms with E-state index >= 15 is 0 Å². The van der Waals surface area contributed by atoms with Gasteiger partial charge in [-0.25, -0.2) is 0 Å². The van der Waals surface area contributed by atoms with E-state index in [4.69, 9.17) is 0 Å². The molecule has 0 saturated heterocycles. The molecule has 210 valence electrons. The number of rotatable bonds is 7. The lowest BCUT2D eigenvalue weighted by atomic mass is 9.57. The van der Waals surface area contributed by atoms with Crippen molar-refractivity contribution in [3.63, 3.8) is 0 Å². The van der Waals surface area contributed by atoms with E-state index in [-0.39, 0.29) is 41.5 Å². The van der Waals surface area contributed by atoms with E-state index in [1.165, 1.54) is 11.0 Å². The fourth-order valence-electron chi connectivity index (χ4n) is 6.54. The highest BCUT2D eigenvalue weighted by atomic mass is 19.4. The van der Waals surface area contributed by atoms with E-state index in [0.29, 0.717) is 24.1 Å². The number of hydrogen-bond acceptors (Lipinski definition) is 5. The number of carbonyl (C=O) groups is 2. The number of nitrogens with one attached hydrogen (secondary N) is 1. The maximum atomic E-state index is 14.2. The third kappa shape index (κ3) is 4.33. The van der Waals surface area contributed by atoms with Gasteiger partial charge >= 0.3 is 6.18 Å². The molecule has 3 aromatic rings. The average molecular weight is 552 g/mol. The van der Waals surface area contributed by atoms with Gasteiger partial charge in [-0.2, -0.15) is 13.2 Å². The maximum absolute atomic E-state index is 14.2. The zero-order valence-electron chi connectivity index (χ0n) is 22.8. The summed E-state index contributed by atoms with van der Waals surface area (Å²) in [5.41, 5.74) is 0.527.